The fourth-order valence-electron chi connectivity index (χ4n) is 4.03. The van der Waals surface area contributed by atoms with E-state index in [0.29, 0.717) is 23.5 Å². The molecule has 0 saturated carbocycles. The first kappa shape index (κ1) is 20.7. The average molecular weight is 442 g/mol. The second-order valence-electron chi connectivity index (χ2n) is 7.66. The number of hydrogen-bond acceptors (Lipinski definition) is 2. The van der Waals surface area contributed by atoms with Crippen LogP contribution in [0.4, 0.5) is 8.78 Å². The zero-order valence-corrected chi connectivity index (χ0v) is 17.6. The van der Waals surface area contributed by atoms with Crippen molar-refractivity contribution in [3.8, 4) is 22.6 Å². The molecule has 0 atom stereocenters. The molecule has 5 aromatic rings. The Balaban J connectivity index is 1.72. The number of ether oxygens (including phenoxy) is 1. The van der Waals surface area contributed by atoms with Gasteiger partial charge in [-0.15, -0.1) is 0 Å². The molecule has 164 valence electrons. The molecule has 0 aliphatic rings. The number of halogens is 2. The molecule has 0 radical (unpaired) electrons. The number of rotatable bonds is 6. The Kier molecular flexibility index (Phi) is 5.48. The molecule has 6 heteroatoms. The molecule has 0 unspecified atom stereocenters. The summed E-state index contributed by atoms with van der Waals surface area (Å²) < 4.78 is 34.4. The van der Waals surface area contributed by atoms with Crippen LogP contribution in [-0.2, 0) is 6.54 Å². The van der Waals surface area contributed by atoms with E-state index in [-0.39, 0.29) is 11.4 Å². The zero-order chi connectivity index (χ0) is 22.8. The fraction of sp³-hybridized carbons (Fsp3) is 0.0741. The summed E-state index contributed by atoms with van der Waals surface area (Å²) in [6, 6.07) is 24.7. The van der Waals surface area contributed by atoms with Crippen molar-refractivity contribution in [1.82, 2.24) is 9.13 Å². The van der Waals surface area contributed by atoms with Crippen LogP contribution in [0, 0.1) is 5.82 Å². The Morgan fingerprint density at radius 1 is 0.848 bits per heavy atom. The van der Waals surface area contributed by atoms with Crippen molar-refractivity contribution in [2.45, 2.75) is 6.54 Å². The Labute approximate surface area is 188 Å². The summed E-state index contributed by atoms with van der Waals surface area (Å²) >= 11 is 0. The second-order valence-corrected chi connectivity index (χ2v) is 7.66. The van der Waals surface area contributed by atoms with Crippen molar-refractivity contribution in [3.05, 3.63) is 119 Å². The van der Waals surface area contributed by atoms with Gasteiger partial charge in [0.25, 0.3) is 5.56 Å². The molecular formula is C27H20F2N2O2. The average Bonchev–Trinajstić information content (AvgIpc) is 3.26. The van der Waals surface area contributed by atoms with E-state index in [0.717, 1.165) is 22.1 Å². The van der Waals surface area contributed by atoms with Crippen molar-refractivity contribution in [1.29, 1.82) is 0 Å². The summed E-state index contributed by atoms with van der Waals surface area (Å²) in [7, 11) is 0. The predicted octanol–water partition coefficient (Wildman–Crippen LogP) is 5.95. The van der Waals surface area contributed by atoms with Crippen LogP contribution in [-0.4, -0.2) is 16.0 Å². The molecule has 4 nitrogen and oxygen atoms in total. The molecular weight excluding hydrogens is 422 g/mol. The Morgan fingerprint density at radius 3 is 2.27 bits per heavy atom. The number of pyridine rings is 1. The highest BCUT2D eigenvalue weighted by molar-refractivity contribution is 5.95. The molecule has 2 heterocycles. The van der Waals surface area contributed by atoms with Gasteiger partial charge in [-0.2, -0.15) is 0 Å². The third-order valence-corrected chi connectivity index (χ3v) is 5.62. The smallest absolute Gasteiger partial charge is 0.279 e. The second kappa shape index (κ2) is 8.74. The number of nitrogens with zero attached hydrogens (tertiary/aromatic N) is 2. The summed E-state index contributed by atoms with van der Waals surface area (Å²) in [5.41, 5.74) is 3.65. The van der Waals surface area contributed by atoms with E-state index >= 15 is 0 Å². The summed E-state index contributed by atoms with van der Waals surface area (Å²) in [5, 5.41) is 0.788. The van der Waals surface area contributed by atoms with E-state index in [4.69, 9.17) is 4.74 Å². The highest BCUT2D eigenvalue weighted by Crippen LogP contribution is 2.29. The molecule has 33 heavy (non-hydrogen) atoms. The highest BCUT2D eigenvalue weighted by atomic mass is 19.1. The first-order valence-corrected chi connectivity index (χ1v) is 10.5. The molecule has 0 amide bonds. The van der Waals surface area contributed by atoms with Crippen molar-refractivity contribution >= 4 is 10.9 Å². The summed E-state index contributed by atoms with van der Waals surface area (Å²) in [6.07, 6.45) is 3.66. The number of alkyl halides is 1. The number of aromatic nitrogens is 2. The summed E-state index contributed by atoms with van der Waals surface area (Å²) in [6.45, 7) is -0.386. The molecule has 0 fully saturated rings. The Morgan fingerprint density at radius 2 is 1.58 bits per heavy atom. The lowest BCUT2D eigenvalue weighted by Crippen LogP contribution is -2.21. The van der Waals surface area contributed by atoms with Gasteiger partial charge in [-0.25, -0.2) is 8.78 Å². The molecule has 0 aliphatic carbocycles. The topological polar surface area (TPSA) is 36.2 Å². The van der Waals surface area contributed by atoms with Crippen LogP contribution in [0.2, 0.25) is 0 Å². The predicted molar refractivity (Wildman–Crippen MR) is 125 cm³/mol. The molecule has 2 aromatic heterocycles. The first-order valence-electron chi connectivity index (χ1n) is 10.5. The number of benzene rings is 3. The Bertz CT molecular complexity index is 1460. The van der Waals surface area contributed by atoms with Gasteiger partial charge in [-0.05, 0) is 53.6 Å². The maximum atomic E-state index is 13.6. The first-order chi connectivity index (χ1) is 16.1. The van der Waals surface area contributed by atoms with E-state index < -0.39 is 6.86 Å². The molecule has 0 N–H and O–H groups in total. The molecule has 0 spiro atoms. The van der Waals surface area contributed by atoms with Gasteiger partial charge in [-0.3, -0.25) is 9.36 Å². The van der Waals surface area contributed by atoms with Crippen LogP contribution < -0.4 is 10.3 Å². The monoisotopic (exact) mass is 442 g/mol. The highest BCUT2D eigenvalue weighted by Gasteiger charge is 2.16. The third kappa shape index (κ3) is 4.03. The van der Waals surface area contributed by atoms with Crippen molar-refractivity contribution in [2.24, 2.45) is 0 Å². The van der Waals surface area contributed by atoms with Crippen LogP contribution in [0.25, 0.3) is 27.7 Å². The van der Waals surface area contributed by atoms with Crippen LogP contribution >= 0.6 is 0 Å². The van der Waals surface area contributed by atoms with Gasteiger partial charge in [0, 0.05) is 35.6 Å². The van der Waals surface area contributed by atoms with Crippen molar-refractivity contribution in [3.63, 3.8) is 0 Å². The van der Waals surface area contributed by atoms with Gasteiger partial charge >= 0.3 is 0 Å². The molecule has 5 rings (SSSR count). The molecule has 3 aromatic carbocycles. The third-order valence-electron chi connectivity index (χ3n) is 5.62. The van der Waals surface area contributed by atoms with Gasteiger partial charge in [0.1, 0.15) is 17.1 Å². The van der Waals surface area contributed by atoms with Crippen LogP contribution in [0.5, 0.6) is 5.75 Å². The van der Waals surface area contributed by atoms with Gasteiger partial charge in [0.15, 0.2) is 0 Å². The SMILES string of the molecule is O=c1c2c(ccn2Cc2ccccc2)c(-c2ccc(F)cc2)cn1-c1ccc(OCF)cc1. The van der Waals surface area contributed by atoms with Gasteiger partial charge in [0.2, 0.25) is 6.86 Å². The lowest BCUT2D eigenvalue weighted by atomic mass is 10.0. The fourth-order valence-corrected chi connectivity index (χ4v) is 4.03. The van der Waals surface area contributed by atoms with Crippen LogP contribution in [0.1, 0.15) is 5.56 Å². The minimum Gasteiger partial charge on any atom is -0.463 e. The summed E-state index contributed by atoms with van der Waals surface area (Å²) in [5.74, 6) is 0.0509. The van der Waals surface area contributed by atoms with E-state index in [1.165, 1.54) is 12.1 Å². The Hall–Kier alpha value is -4.19. The minimum atomic E-state index is -0.924. The largest absolute Gasteiger partial charge is 0.463 e. The molecule has 0 aliphatic heterocycles. The number of fused-ring (bicyclic) bond motifs is 1. The lowest BCUT2D eigenvalue weighted by Gasteiger charge is -2.13. The minimum absolute atomic E-state index is 0.184. The molecule has 0 saturated heterocycles. The summed E-state index contributed by atoms with van der Waals surface area (Å²) in [4.78, 5) is 13.6. The maximum absolute atomic E-state index is 13.6. The van der Waals surface area contributed by atoms with E-state index in [1.807, 2.05) is 47.2 Å². The zero-order valence-electron chi connectivity index (χ0n) is 17.6. The van der Waals surface area contributed by atoms with Crippen molar-refractivity contribution in [2.75, 3.05) is 6.86 Å². The van der Waals surface area contributed by atoms with E-state index in [9.17, 15) is 13.6 Å². The maximum Gasteiger partial charge on any atom is 0.279 e. The molecule has 0 bridgehead atoms. The van der Waals surface area contributed by atoms with Crippen LogP contribution in [0.3, 0.4) is 0 Å². The van der Waals surface area contributed by atoms with E-state index in [1.54, 1.807) is 47.2 Å². The van der Waals surface area contributed by atoms with Gasteiger partial charge in [-0.1, -0.05) is 42.5 Å². The lowest BCUT2D eigenvalue weighted by molar-refractivity contribution is 0.192. The van der Waals surface area contributed by atoms with Gasteiger partial charge < -0.3 is 9.30 Å². The normalized spacial score (nSPS) is 11.1. The van der Waals surface area contributed by atoms with E-state index in [2.05, 4.69) is 0 Å². The van der Waals surface area contributed by atoms with Crippen molar-refractivity contribution < 1.29 is 13.5 Å². The number of hydrogen-bond donors (Lipinski definition) is 0. The van der Waals surface area contributed by atoms with Gasteiger partial charge in [0.05, 0.1) is 0 Å². The standard InChI is InChI=1S/C27H20F2N2O2/c28-18-33-23-12-10-22(11-13-23)31-17-25(20-6-8-21(29)9-7-20)24-14-15-30(26(24)27(31)32)16-19-4-2-1-3-5-19/h1-15,17H,16,18H2. The van der Waals surface area contributed by atoms with Crippen LogP contribution in [0.15, 0.2) is 102 Å². The quantitative estimate of drug-likeness (QED) is 0.326.